The minimum atomic E-state index is -0.0530. The molecule has 0 spiro atoms. The third-order valence-corrected chi connectivity index (χ3v) is 5.17. The van der Waals surface area contributed by atoms with Crippen LogP contribution in [0.1, 0.15) is 51.7 Å². The van der Waals surface area contributed by atoms with Crippen molar-refractivity contribution in [1.29, 1.82) is 0 Å². The fourth-order valence-electron chi connectivity index (χ4n) is 3.56. The standard InChI is InChI=1S/C20H24O2/c1-19(2)9-10-20(3,4)16-12-18(22)17(21)11-14(16)13-7-5-6-8-15(13)19/h5-8,11-12,21-22H,9-10H2,1-4H3. The molecule has 0 saturated carbocycles. The number of fused-ring (bicyclic) bond motifs is 3. The Hall–Kier alpha value is -1.96. The summed E-state index contributed by atoms with van der Waals surface area (Å²) >= 11 is 0. The van der Waals surface area contributed by atoms with Gasteiger partial charge in [0.15, 0.2) is 11.5 Å². The molecule has 0 aromatic heterocycles. The molecule has 0 radical (unpaired) electrons. The average molecular weight is 296 g/mol. The van der Waals surface area contributed by atoms with Crippen molar-refractivity contribution in [2.45, 2.75) is 51.4 Å². The monoisotopic (exact) mass is 296 g/mol. The maximum atomic E-state index is 10.0. The molecule has 0 fully saturated rings. The Morgan fingerprint density at radius 1 is 0.727 bits per heavy atom. The van der Waals surface area contributed by atoms with Crippen molar-refractivity contribution in [2.75, 3.05) is 0 Å². The minimum Gasteiger partial charge on any atom is -0.504 e. The average Bonchev–Trinajstić information content (AvgIpc) is 2.47. The summed E-state index contributed by atoms with van der Waals surface area (Å²) in [5.41, 5.74) is 4.63. The second-order valence-electron chi connectivity index (χ2n) is 7.70. The van der Waals surface area contributed by atoms with E-state index in [4.69, 9.17) is 0 Å². The van der Waals surface area contributed by atoms with E-state index in [9.17, 15) is 10.2 Å². The Morgan fingerprint density at radius 2 is 1.27 bits per heavy atom. The van der Waals surface area contributed by atoms with Crippen molar-refractivity contribution < 1.29 is 10.2 Å². The highest BCUT2D eigenvalue weighted by atomic mass is 16.3. The molecule has 2 heteroatoms. The first-order valence-corrected chi connectivity index (χ1v) is 7.89. The molecule has 1 aliphatic carbocycles. The molecular formula is C20H24O2. The van der Waals surface area contributed by atoms with Crippen LogP contribution in [-0.2, 0) is 10.8 Å². The quantitative estimate of drug-likeness (QED) is 0.663. The van der Waals surface area contributed by atoms with Gasteiger partial charge in [-0.05, 0) is 58.1 Å². The maximum Gasteiger partial charge on any atom is 0.158 e. The van der Waals surface area contributed by atoms with Crippen molar-refractivity contribution in [2.24, 2.45) is 0 Å². The van der Waals surface area contributed by atoms with E-state index in [1.165, 1.54) is 5.56 Å². The van der Waals surface area contributed by atoms with Gasteiger partial charge >= 0.3 is 0 Å². The normalized spacial score (nSPS) is 18.7. The SMILES string of the molecule is CC1(C)CCC(C)(C)c2cc(O)c(O)cc2-c2ccccc21. The van der Waals surface area contributed by atoms with Gasteiger partial charge in [-0.15, -0.1) is 0 Å². The molecule has 2 aromatic carbocycles. The van der Waals surface area contributed by atoms with E-state index < -0.39 is 0 Å². The number of aromatic hydroxyl groups is 2. The number of hydrogen-bond acceptors (Lipinski definition) is 2. The molecule has 2 aromatic rings. The Kier molecular flexibility index (Phi) is 3.24. The van der Waals surface area contributed by atoms with Crippen LogP contribution in [-0.4, -0.2) is 10.2 Å². The molecule has 0 amide bonds. The molecule has 0 saturated heterocycles. The first-order chi connectivity index (χ1) is 10.2. The second-order valence-corrected chi connectivity index (χ2v) is 7.70. The largest absolute Gasteiger partial charge is 0.504 e. The van der Waals surface area contributed by atoms with Gasteiger partial charge in [-0.1, -0.05) is 52.0 Å². The van der Waals surface area contributed by atoms with Crippen molar-refractivity contribution in [3.8, 4) is 22.6 Å². The Balaban J connectivity index is 2.39. The van der Waals surface area contributed by atoms with Gasteiger partial charge in [-0.25, -0.2) is 0 Å². The van der Waals surface area contributed by atoms with Crippen LogP contribution < -0.4 is 0 Å². The van der Waals surface area contributed by atoms with E-state index in [1.807, 2.05) is 6.07 Å². The van der Waals surface area contributed by atoms with E-state index in [2.05, 4.69) is 45.9 Å². The summed E-state index contributed by atoms with van der Waals surface area (Å²) < 4.78 is 0. The molecule has 0 aliphatic heterocycles. The molecule has 0 heterocycles. The van der Waals surface area contributed by atoms with E-state index in [-0.39, 0.29) is 22.3 Å². The first-order valence-electron chi connectivity index (χ1n) is 7.89. The number of phenols is 2. The molecule has 0 bridgehead atoms. The van der Waals surface area contributed by atoms with Gasteiger partial charge in [0.05, 0.1) is 0 Å². The van der Waals surface area contributed by atoms with Crippen LogP contribution in [0.2, 0.25) is 0 Å². The predicted molar refractivity (Wildman–Crippen MR) is 90.5 cm³/mol. The lowest BCUT2D eigenvalue weighted by molar-refractivity contribution is 0.366. The van der Waals surface area contributed by atoms with E-state index >= 15 is 0 Å². The van der Waals surface area contributed by atoms with Gasteiger partial charge in [-0.2, -0.15) is 0 Å². The first kappa shape index (κ1) is 15.0. The molecule has 0 unspecified atom stereocenters. The van der Waals surface area contributed by atoms with E-state index in [0.29, 0.717) is 0 Å². The Bertz CT molecular complexity index is 726. The molecule has 116 valence electrons. The number of benzene rings is 2. The van der Waals surface area contributed by atoms with Gasteiger partial charge in [0.25, 0.3) is 0 Å². The van der Waals surface area contributed by atoms with Gasteiger partial charge < -0.3 is 10.2 Å². The van der Waals surface area contributed by atoms with Gasteiger partial charge in [0.1, 0.15) is 0 Å². The molecule has 3 rings (SSSR count). The molecular weight excluding hydrogens is 272 g/mol. The fraction of sp³-hybridized carbons (Fsp3) is 0.400. The van der Waals surface area contributed by atoms with E-state index in [1.54, 1.807) is 12.1 Å². The maximum absolute atomic E-state index is 10.0. The summed E-state index contributed by atoms with van der Waals surface area (Å²) in [6, 6.07) is 11.9. The summed E-state index contributed by atoms with van der Waals surface area (Å²) in [7, 11) is 0. The van der Waals surface area contributed by atoms with Crippen molar-refractivity contribution >= 4 is 0 Å². The Labute approximate surface area is 132 Å². The van der Waals surface area contributed by atoms with Crippen molar-refractivity contribution in [3.05, 3.63) is 47.5 Å². The van der Waals surface area contributed by atoms with Gasteiger partial charge in [-0.3, -0.25) is 0 Å². The predicted octanol–water partition coefficient (Wildman–Crippen LogP) is 5.11. The molecule has 2 N–H and O–H groups in total. The number of rotatable bonds is 0. The summed E-state index contributed by atoms with van der Waals surface area (Å²) in [5.74, 6) is -0.0909. The molecule has 0 atom stereocenters. The summed E-state index contributed by atoms with van der Waals surface area (Å²) in [5, 5.41) is 20.0. The molecule has 1 aliphatic rings. The topological polar surface area (TPSA) is 40.5 Å². The lowest BCUT2D eigenvalue weighted by Gasteiger charge is -2.38. The lowest BCUT2D eigenvalue weighted by atomic mass is 9.66. The van der Waals surface area contributed by atoms with E-state index in [0.717, 1.165) is 29.5 Å². The smallest absolute Gasteiger partial charge is 0.158 e. The third kappa shape index (κ3) is 2.27. The zero-order valence-corrected chi connectivity index (χ0v) is 13.8. The van der Waals surface area contributed by atoms with Gasteiger partial charge in [0.2, 0.25) is 0 Å². The Morgan fingerprint density at radius 3 is 1.95 bits per heavy atom. The van der Waals surface area contributed by atoms with Gasteiger partial charge in [0, 0.05) is 0 Å². The van der Waals surface area contributed by atoms with Crippen LogP contribution >= 0.6 is 0 Å². The summed E-state index contributed by atoms with van der Waals surface area (Å²) in [6.45, 7) is 9.00. The zero-order chi connectivity index (χ0) is 16.1. The third-order valence-electron chi connectivity index (χ3n) is 5.17. The lowest BCUT2D eigenvalue weighted by Crippen LogP contribution is -2.28. The summed E-state index contributed by atoms with van der Waals surface area (Å²) in [4.78, 5) is 0. The highest BCUT2D eigenvalue weighted by Gasteiger charge is 2.34. The number of phenolic OH excluding ortho intramolecular Hbond substituents is 2. The summed E-state index contributed by atoms with van der Waals surface area (Å²) in [6.07, 6.45) is 2.11. The van der Waals surface area contributed by atoms with Crippen LogP contribution in [0.5, 0.6) is 11.5 Å². The highest BCUT2D eigenvalue weighted by molar-refractivity contribution is 5.76. The zero-order valence-electron chi connectivity index (χ0n) is 13.8. The van der Waals surface area contributed by atoms with Crippen molar-refractivity contribution in [1.82, 2.24) is 0 Å². The second kappa shape index (κ2) is 4.77. The van der Waals surface area contributed by atoms with Crippen LogP contribution in [0.3, 0.4) is 0 Å². The van der Waals surface area contributed by atoms with Crippen LogP contribution in [0, 0.1) is 0 Å². The van der Waals surface area contributed by atoms with Crippen molar-refractivity contribution in [3.63, 3.8) is 0 Å². The molecule has 22 heavy (non-hydrogen) atoms. The van der Waals surface area contributed by atoms with Crippen LogP contribution in [0.15, 0.2) is 36.4 Å². The van der Waals surface area contributed by atoms with Crippen LogP contribution in [0.25, 0.3) is 11.1 Å². The number of hydrogen-bond donors (Lipinski definition) is 2. The molecule has 2 nitrogen and oxygen atoms in total. The highest BCUT2D eigenvalue weighted by Crippen LogP contribution is 2.48. The minimum absolute atomic E-state index is 0.0378. The fourth-order valence-corrected chi connectivity index (χ4v) is 3.56. The van der Waals surface area contributed by atoms with Crippen LogP contribution in [0.4, 0.5) is 0 Å².